The highest BCUT2D eigenvalue weighted by atomic mass is 32.2. The number of thioether (sulfide) groups is 1. The van der Waals surface area contributed by atoms with Gasteiger partial charge < -0.3 is 31.5 Å². The van der Waals surface area contributed by atoms with E-state index in [0.717, 1.165) is 4.57 Å². The van der Waals surface area contributed by atoms with Crippen molar-refractivity contribution in [2.75, 3.05) is 17.2 Å². The smallest absolute Gasteiger partial charge is 0.351 e. The lowest BCUT2D eigenvalue weighted by molar-refractivity contribution is -0.138. The third-order valence-corrected chi connectivity index (χ3v) is 4.72. The fourth-order valence-corrected chi connectivity index (χ4v) is 3.34. The molecule has 24 heavy (non-hydrogen) atoms. The van der Waals surface area contributed by atoms with Gasteiger partial charge >= 0.3 is 11.7 Å². The van der Waals surface area contributed by atoms with Gasteiger partial charge in [-0.25, -0.2) is 4.79 Å². The first kappa shape index (κ1) is 18.7. The molecular formula is C13H20N4O6S. The summed E-state index contributed by atoms with van der Waals surface area (Å²) in [6.07, 6.45) is -2.63. The van der Waals surface area contributed by atoms with E-state index >= 15 is 0 Å². The minimum Gasteiger partial charge on any atom is -0.480 e. The minimum atomic E-state index is -1.29. The van der Waals surface area contributed by atoms with Crippen molar-refractivity contribution in [1.82, 2.24) is 9.55 Å². The Morgan fingerprint density at radius 1 is 1.46 bits per heavy atom. The summed E-state index contributed by atoms with van der Waals surface area (Å²) < 4.78 is 6.63. The van der Waals surface area contributed by atoms with Crippen molar-refractivity contribution in [2.24, 2.45) is 5.73 Å². The molecule has 7 N–H and O–H groups in total. The summed E-state index contributed by atoms with van der Waals surface area (Å²) in [6, 6.07) is 0.448. The first-order chi connectivity index (χ1) is 11.3. The zero-order valence-electron chi connectivity index (χ0n) is 12.7. The predicted octanol–water partition coefficient (Wildman–Crippen LogP) is -2.02. The molecule has 0 radical (unpaired) electrons. The molecule has 1 unspecified atom stereocenters. The van der Waals surface area contributed by atoms with Gasteiger partial charge in [-0.1, -0.05) is 0 Å². The maximum absolute atomic E-state index is 11.8. The van der Waals surface area contributed by atoms with E-state index in [2.05, 4.69) is 4.98 Å². The van der Waals surface area contributed by atoms with Gasteiger partial charge in [0.15, 0.2) is 6.23 Å². The second-order valence-corrected chi connectivity index (χ2v) is 6.55. The standard InChI is InChI=1S/C13H20N4O6S/c14-6(12(20)21)2-4-24-5-7-9(18)10(19)11(23-7)17-3-1-8(15)16-13(17)22/h1,3,6-7,9-11,18-19H,2,4-5,14H2,(H,20,21)(H2,15,16,22)/t6?,7-,9-,10-,11-/m1/s1. The van der Waals surface area contributed by atoms with Crippen molar-refractivity contribution >= 4 is 23.5 Å². The SMILES string of the molecule is Nc1ccn([C@@H]2O[C@H](CSCCC(N)C(=O)O)[C@@H](O)[C@H]2O)c(=O)n1. The van der Waals surface area contributed by atoms with E-state index in [1.54, 1.807) is 0 Å². The van der Waals surface area contributed by atoms with Gasteiger partial charge in [-0.15, -0.1) is 0 Å². The third-order valence-electron chi connectivity index (χ3n) is 3.64. The van der Waals surface area contributed by atoms with Gasteiger partial charge in [0.05, 0.1) is 6.10 Å². The molecule has 2 rings (SSSR count). The average molecular weight is 360 g/mol. The largest absolute Gasteiger partial charge is 0.480 e. The van der Waals surface area contributed by atoms with Gasteiger partial charge in [0.25, 0.3) is 0 Å². The number of ether oxygens (including phenoxy) is 1. The Hall–Kier alpha value is -1.66. The van der Waals surface area contributed by atoms with Crippen molar-refractivity contribution in [3.8, 4) is 0 Å². The number of aliphatic hydroxyl groups excluding tert-OH is 2. The number of nitrogen functional groups attached to an aromatic ring is 1. The van der Waals surface area contributed by atoms with E-state index in [1.165, 1.54) is 24.0 Å². The van der Waals surface area contributed by atoms with E-state index in [0.29, 0.717) is 11.5 Å². The van der Waals surface area contributed by atoms with Crippen LogP contribution in [0.15, 0.2) is 17.1 Å². The maximum atomic E-state index is 11.8. The number of anilines is 1. The lowest BCUT2D eigenvalue weighted by atomic mass is 10.1. The molecular weight excluding hydrogens is 340 g/mol. The number of aromatic nitrogens is 2. The van der Waals surface area contributed by atoms with Gasteiger partial charge in [-0.05, 0) is 18.2 Å². The molecule has 0 spiro atoms. The molecule has 0 saturated carbocycles. The topological polar surface area (TPSA) is 174 Å². The van der Waals surface area contributed by atoms with Crippen LogP contribution < -0.4 is 17.2 Å². The van der Waals surface area contributed by atoms with Crippen LogP contribution in [0.25, 0.3) is 0 Å². The molecule has 0 aliphatic carbocycles. The lowest BCUT2D eigenvalue weighted by Gasteiger charge is -2.16. The summed E-state index contributed by atoms with van der Waals surface area (Å²) in [4.78, 5) is 26.0. The van der Waals surface area contributed by atoms with Crippen LogP contribution in [0.4, 0.5) is 5.82 Å². The quantitative estimate of drug-likeness (QED) is 0.341. The van der Waals surface area contributed by atoms with Crippen molar-refractivity contribution < 1.29 is 24.9 Å². The van der Waals surface area contributed by atoms with Crippen LogP contribution in [0.2, 0.25) is 0 Å². The molecule has 1 aromatic rings. The highest BCUT2D eigenvalue weighted by Gasteiger charge is 2.43. The second kappa shape index (κ2) is 7.94. The van der Waals surface area contributed by atoms with Gasteiger partial charge in [-0.3, -0.25) is 9.36 Å². The van der Waals surface area contributed by atoms with Gasteiger partial charge in [0, 0.05) is 11.9 Å². The Bertz CT molecular complexity index is 641. The van der Waals surface area contributed by atoms with Crippen LogP contribution in [0.3, 0.4) is 0 Å². The fourth-order valence-electron chi connectivity index (χ4n) is 2.25. The molecule has 1 fully saturated rings. The Morgan fingerprint density at radius 3 is 2.79 bits per heavy atom. The summed E-state index contributed by atoms with van der Waals surface area (Å²) in [5.41, 5.74) is 10.1. The molecule has 5 atom stereocenters. The molecule has 0 aromatic carbocycles. The van der Waals surface area contributed by atoms with E-state index in [4.69, 9.17) is 21.3 Å². The van der Waals surface area contributed by atoms with Crippen molar-refractivity contribution in [3.63, 3.8) is 0 Å². The number of carboxylic acids is 1. The van der Waals surface area contributed by atoms with Crippen molar-refractivity contribution in [1.29, 1.82) is 0 Å². The normalized spacial score (nSPS) is 28.0. The van der Waals surface area contributed by atoms with Crippen molar-refractivity contribution in [2.45, 2.75) is 37.0 Å². The Labute approximate surface area is 141 Å². The number of hydrogen-bond donors (Lipinski definition) is 5. The van der Waals surface area contributed by atoms with Crippen LogP contribution in [0.5, 0.6) is 0 Å². The first-order valence-electron chi connectivity index (χ1n) is 7.23. The monoisotopic (exact) mass is 360 g/mol. The third kappa shape index (κ3) is 4.24. The number of nitrogens with two attached hydrogens (primary N) is 2. The summed E-state index contributed by atoms with van der Waals surface area (Å²) >= 11 is 1.34. The van der Waals surface area contributed by atoms with Crippen molar-refractivity contribution in [3.05, 3.63) is 22.7 Å². The highest BCUT2D eigenvalue weighted by Crippen LogP contribution is 2.30. The summed E-state index contributed by atoms with van der Waals surface area (Å²) in [5, 5.41) is 28.9. The average Bonchev–Trinajstić information content (AvgIpc) is 2.79. The van der Waals surface area contributed by atoms with Crippen LogP contribution >= 0.6 is 11.8 Å². The molecule has 10 nitrogen and oxygen atoms in total. The van der Waals surface area contributed by atoms with Crippen LogP contribution in [0, 0.1) is 0 Å². The molecule has 1 aliphatic rings. The number of rotatable bonds is 7. The van der Waals surface area contributed by atoms with E-state index in [-0.39, 0.29) is 12.2 Å². The second-order valence-electron chi connectivity index (χ2n) is 5.40. The highest BCUT2D eigenvalue weighted by molar-refractivity contribution is 7.99. The van der Waals surface area contributed by atoms with E-state index < -0.39 is 42.2 Å². The molecule has 0 amide bonds. The lowest BCUT2D eigenvalue weighted by Crippen LogP contribution is -2.36. The Kier molecular flexibility index (Phi) is 6.18. The van der Waals surface area contributed by atoms with Crippen LogP contribution in [-0.4, -0.2) is 66.7 Å². The number of carbonyl (C=O) groups is 1. The molecule has 1 saturated heterocycles. The Morgan fingerprint density at radius 2 is 2.17 bits per heavy atom. The van der Waals surface area contributed by atoms with Crippen LogP contribution in [-0.2, 0) is 9.53 Å². The fraction of sp³-hybridized carbons (Fsp3) is 0.615. The molecule has 0 bridgehead atoms. The number of carboxylic acid groups (broad SMARTS) is 1. The van der Waals surface area contributed by atoms with E-state index in [9.17, 15) is 19.8 Å². The summed E-state index contributed by atoms with van der Waals surface area (Å²) in [5.74, 6) is -0.243. The summed E-state index contributed by atoms with van der Waals surface area (Å²) in [6.45, 7) is 0. The number of aliphatic carboxylic acids is 1. The van der Waals surface area contributed by atoms with Crippen LogP contribution in [0.1, 0.15) is 12.6 Å². The minimum absolute atomic E-state index is 0.0474. The number of nitrogens with zero attached hydrogens (tertiary/aromatic N) is 2. The number of aliphatic hydroxyl groups is 2. The summed E-state index contributed by atoms with van der Waals surface area (Å²) in [7, 11) is 0. The molecule has 11 heteroatoms. The maximum Gasteiger partial charge on any atom is 0.351 e. The van der Waals surface area contributed by atoms with Gasteiger partial charge in [0.1, 0.15) is 24.1 Å². The van der Waals surface area contributed by atoms with Gasteiger partial charge in [-0.2, -0.15) is 16.7 Å². The first-order valence-corrected chi connectivity index (χ1v) is 8.39. The van der Waals surface area contributed by atoms with E-state index in [1.807, 2.05) is 0 Å². The predicted molar refractivity (Wildman–Crippen MR) is 86.4 cm³/mol. The molecule has 1 aromatic heterocycles. The number of hydrogen-bond acceptors (Lipinski definition) is 9. The molecule has 1 aliphatic heterocycles. The zero-order chi connectivity index (χ0) is 17.9. The molecule has 2 heterocycles. The Balaban J connectivity index is 1.92. The molecule has 134 valence electrons. The van der Waals surface area contributed by atoms with Gasteiger partial charge in [0.2, 0.25) is 0 Å². The zero-order valence-corrected chi connectivity index (χ0v) is 13.5.